The fourth-order valence-corrected chi connectivity index (χ4v) is 1.96. The molecule has 0 spiro atoms. The van der Waals surface area contributed by atoms with Gasteiger partial charge in [-0.1, -0.05) is 0 Å². The largest absolute Gasteiger partial charge is 0.466 e. The van der Waals surface area contributed by atoms with E-state index < -0.39 is 0 Å². The standard InChI is InChI=1S/C13H21N3O2/c1-2-18-13(17)4-3-7-14-8-12-9-15-10-16(12)11-5-6-11/h9-11,14H,2-8H2,1H3. The lowest BCUT2D eigenvalue weighted by Gasteiger charge is -2.07. The maximum Gasteiger partial charge on any atom is 0.305 e. The van der Waals surface area contributed by atoms with Crippen molar-refractivity contribution < 1.29 is 9.53 Å². The number of esters is 1. The molecule has 1 aromatic heterocycles. The zero-order valence-electron chi connectivity index (χ0n) is 10.9. The van der Waals surface area contributed by atoms with Crippen molar-refractivity contribution in [1.82, 2.24) is 14.9 Å². The molecule has 0 saturated heterocycles. The lowest BCUT2D eigenvalue weighted by molar-refractivity contribution is -0.143. The van der Waals surface area contributed by atoms with Gasteiger partial charge in [0.1, 0.15) is 0 Å². The smallest absolute Gasteiger partial charge is 0.305 e. The van der Waals surface area contributed by atoms with Crippen LogP contribution >= 0.6 is 0 Å². The highest BCUT2D eigenvalue weighted by atomic mass is 16.5. The summed E-state index contributed by atoms with van der Waals surface area (Å²) in [5, 5.41) is 3.34. The van der Waals surface area contributed by atoms with Crippen molar-refractivity contribution in [2.75, 3.05) is 13.2 Å². The van der Waals surface area contributed by atoms with Crippen LogP contribution in [0, 0.1) is 0 Å². The van der Waals surface area contributed by atoms with Gasteiger partial charge in [0.15, 0.2) is 0 Å². The Morgan fingerprint density at radius 2 is 2.44 bits per heavy atom. The van der Waals surface area contributed by atoms with E-state index >= 15 is 0 Å². The highest BCUT2D eigenvalue weighted by Gasteiger charge is 2.24. The number of imidazole rings is 1. The molecule has 0 amide bonds. The third kappa shape index (κ3) is 3.84. The second-order valence-corrected chi connectivity index (χ2v) is 4.61. The van der Waals surface area contributed by atoms with Gasteiger partial charge in [-0.2, -0.15) is 0 Å². The number of nitrogens with zero attached hydrogens (tertiary/aromatic N) is 2. The molecule has 1 saturated carbocycles. The van der Waals surface area contributed by atoms with Crippen molar-refractivity contribution in [3.63, 3.8) is 0 Å². The molecule has 1 aliphatic rings. The average molecular weight is 251 g/mol. The molecule has 18 heavy (non-hydrogen) atoms. The van der Waals surface area contributed by atoms with E-state index in [0.717, 1.165) is 19.5 Å². The molecular weight excluding hydrogens is 230 g/mol. The molecule has 1 N–H and O–H groups in total. The number of nitrogens with one attached hydrogen (secondary N) is 1. The molecule has 0 bridgehead atoms. The van der Waals surface area contributed by atoms with E-state index in [1.807, 2.05) is 19.4 Å². The monoisotopic (exact) mass is 251 g/mol. The highest BCUT2D eigenvalue weighted by Crippen LogP contribution is 2.35. The number of hydrogen-bond acceptors (Lipinski definition) is 4. The zero-order chi connectivity index (χ0) is 12.8. The fourth-order valence-electron chi connectivity index (χ4n) is 1.96. The number of carbonyl (C=O) groups is 1. The molecule has 5 nitrogen and oxygen atoms in total. The number of aromatic nitrogens is 2. The molecule has 0 atom stereocenters. The van der Waals surface area contributed by atoms with Crippen LogP contribution in [0.15, 0.2) is 12.5 Å². The van der Waals surface area contributed by atoms with Gasteiger partial charge in [0.25, 0.3) is 0 Å². The summed E-state index contributed by atoms with van der Waals surface area (Å²) < 4.78 is 7.12. The number of hydrogen-bond donors (Lipinski definition) is 1. The van der Waals surface area contributed by atoms with Gasteiger partial charge < -0.3 is 14.6 Å². The third-order valence-corrected chi connectivity index (χ3v) is 3.03. The first-order valence-corrected chi connectivity index (χ1v) is 6.68. The lowest BCUT2D eigenvalue weighted by Crippen LogP contribution is -2.18. The summed E-state index contributed by atoms with van der Waals surface area (Å²) in [5.41, 5.74) is 1.23. The molecule has 2 rings (SSSR count). The van der Waals surface area contributed by atoms with Crippen LogP contribution in [0.2, 0.25) is 0 Å². The van der Waals surface area contributed by atoms with Crippen LogP contribution in [-0.4, -0.2) is 28.7 Å². The highest BCUT2D eigenvalue weighted by molar-refractivity contribution is 5.69. The zero-order valence-corrected chi connectivity index (χ0v) is 10.9. The number of ether oxygens (including phenoxy) is 1. The molecule has 100 valence electrons. The van der Waals surface area contributed by atoms with Gasteiger partial charge in [0, 0.05) is 25.2 Å². The normalized spacial score (nSPS) is 14.7. The first-order valence-electron chi connectivity index (χ1n) is 6.68. The van der Waals surface area contributed by atoms with Gasteiger partial charge in [-0.15, -0.1) is 0 Å². The Hall–Kier alpha value is -1.36. The quantitative estimate of drug-likeness (QED) is 0.564. The van der Waals surface area contributed by atoms with Gasteiger partial charge in [-0.05, 0) is 32.7 Å². The van der Waals surface area contributed by atoms with E-state index in [4.69, 9.17) is 4.74 Å². The molecule has 1 heterocycles. The Labute approximate surface area is 108 Å². The Kier molecular flexibility index (Phi) is 4.75. The summed E-state index contributed by atoms with van der Waals surface area (Å²) in [6, 6.07) is 0.670. The van der Waals surface area contributed by atoms with E-state index in [1.165, 1.54) is 18.5 Å². The van der Waals surface area contributed by atoms with Crippen LogP contribution in [-0.2, 0) is 16.1 Å². The van der Waals surface area contributed by atoms with Crippen LogP contribution < -0.4 is 5.32 Å². The first kappa shape index (κ1) is 13.1. The van der Waals surface area contributed by atoms with Crippen LogP contribution in [0.4, 0.5) is 0 Å². The molecule has 1 aromatic rings. The maximum absolute atomic E-state index is 11.1. The summed E-state index contributed by atoms with van der Waals surface area (Å²) in [6.07, 6.45) is 7.67. The first-order chi connectivity index (χ1) is 8.81. The minimum Gasteiger partial charge on any atom is -0.466 e. The van der Waals surface area contributed by atoms with E-state index in [2.05, 4.69) is 14.9 Å². The summed E-state index contributed by atoms with van der Waals surface area (Å²) in [5.74, 6) is -0.109. The Morgan fingerprint density at radius 1 is 1.61 bits per heavy atom. The van der Waals surface area contributed by atoms with Crippen molar-refractivity contribution >= 4 is 5.97 Å². The SMILES string of the molecule is CCOC(=O)CCCNCc1cncn1C1CC1. The second kappa shape index (κ2) is 6.54. The molecule has 0 aliphatic heterocycles. The minimum atomic E-state index is -0.109. The van der Waals surface area contributed by atoms with E-state index in [1.54, 1.807) is 0 Å². The molecule has 0 radical (unpaired) electrons. The van der Waals surface area contributed by atoms with Gasteiger partial charge in [0.2, 0.25) is 0 Å². The van der Waals surface area contributed by atoms with Crippen LogP contribution in [0.5, 0.6) is 0 Å². The summed E-state index contributed by atoms with van der Waals surface area (Å²) in [4.78, 5) is 15.3. The number of rotatable bonds is 8. The minimum absolute atomic E-state index is 0.109. The predicted molar refractivity (Wildman–Crippen MR) is 68.1 cm³/mol. The van der Waals surface area contributed by atoms with Gasteiger partial charge >= 0.3 is 5.97 Å². The molecule has 1 fully saturated rings. The lowest BCUT2D eigenvalue weighted by atomic mass is 10.3. The van der Waals surface area contributed by atoms with Crippen molar-refractivity contribution in [3.05, 3.63) is 18.2 Å². The fraction of sp³-hybridized carbons (Fsp3) is 0.692. The van der Waals surface area contributed by atoms with Crippen molar-refractivity contribution in [3.8, 4) is 0 Å². The third-order valence-electron chi connectivity index (χ3n) is 3.03. The van der Waals surface area contributed by atoms with Crippen LogP contribution in [0.1, 0.15) is 44.3 Å². The second-order valence-electron chi connectivity index (χ2n) is 4.61. The van der Waals surface area contributed by atoms with Crippen LogP contribution in [0.3, 0.4) is 0 Å². The summed E-state index contributed by atoms with van der Waals surface area (Å²) in [7, 11) is 0. The average Bonchev–Trinajstić information content (AvgIpc) is 3.09. The maximum atomic E-state index is 11.1. The molecule has 1 aliphatic carbocycles. The van der Waals surface area contributed by atoms with Gasteiger partial charge in [0.05, 0.1) is 18.6 Å². The van der Waals surface area contributed by atoms with Gasteiger partial charge in [-0.3, -0.25) is 4.79 Å². The topological polar surface area (TPSA) is 56.1 Å². The van der Waals surface area contributed by atoms with Crippen molar-refractivity contribution in [2.45, 2.75) is 45.2 Å². The van der Waals surface area contributed by atoms with E-state index in [9.17, 15) is 4.79 Å². The molecule has 5 heteroatoms. The predicted octanol–water partition coefficient (Wildman–Crippen LogP) is 1.65. The van der Waals surface area contributed by atoms with E-state index in [-0.39, 0.29) is 5.97 Å². The van der Waals surface area contributed by atoms with Crippen molar-refractivity contribution in [1.29, 1.82) is 0 Å². The molecule has 0 unspecified atom stereocenters. The summed E-state index contributed by atoms with van der Waals surface area (Å²) >= 11 is 0. The van der Waals surface area contributed by atoms with Gasteiger partial charge in [-0.25, -0.2) is 4.98 Å². The summed E-state index contributed by atoms with van der Waals surface area (Å²) in [6.45, 7) is 3.94. The van der Waals surface area contributed by atoms with Crippen LogP contribution in [0.25, 0.3) is 0 Å². The Bertz CT molecular complexity index is 385. The molecule has 0 aromatic carbocycles. The molecular formula is C13H21N3O2. The Morgan fingerprint density at radius 3 is 3.17 bits per heavy atom. The number of carbonyl (C=O) groups excluding carboxylic acids is 1. The Balaban J connectivity index is 1.60. The van der Waals surface area contributed by atoms with E-state index in [0.29, 0.717) is 19.1 Å². The van der Waals surface area contributed by atoms with Crippen molar-refractivity contribution in [2.24, 2.45) is 0 Å².